The van der Waals surface area contributed by atoms with E-state index in [0.717, 1.165) is 30.0 Å². The van der Waals surface area contributed by atoms with Gasteiger partial charge in [0.2, 0.25) is 0 Å². The zero-order valence-corrected chi connectivity index (χ0v) is 14.0. The zero-order chi connectivity index (χ0) is 15.7. The van der Waals surface area contributed by atoms with Crippen molar-refractivity contribution >= 4 is 23.8 Å². The molecule has 1 N–H and O–H groups in total. The number of aliphatic hydroxyl groups is 1. The Kier molecular flexibility index (Phi) is 4.63. The maximum absolute atomic E-state index is 9.31. The summed E-state index contributed by atoms with van der Waals surface area (Å²) in [6, 6.07) is 8.28. The molecule has 2 aromatic rings. The van der Waals surface area contributed by atoms with Crippen LogP contribution in [0.3, 0.4) is 0 Å². The fraction of sp³-hybridized carbons (Fsp3) is 0.467. The molecular formula is C15H19ClN4OS. The Morgan fingerprint density at radius 3 is 2.86 bits per heavy atom. The molecule has 0 radical (unpaired) electrons. The molecule has 0 spiro atoms. The molecule has 5 nitrogen and oxygen atoms in total. The van der Waals surface area contributed by atoms with Crippen LogP contribution in [-0.2, 0) is 20.3 Å². The first-order valence-electron chi connectivity index (χ1n) is 7.34. The van der Waals surface area contributed by atoms with Crippen molar-refractivity contribution in [2.24, 2.45) is 7.05 Å². The maximum atomic E-state index is 9.31. The Morgan fingerprint density at radius 1 is 1.41 bits per heavy atom. The second-order valence-corrected chi connectivity index (χ2v) is 6.32. The first-order chi connectivity index (χ1) is 10.6. The SMILES string of the molecule is Cn1c(CO)nn(CN2CCCC2c2ccccc2Cl)c1=S. The Hall–Kier alpha value is -1.21. The first kappa shape index (κ1) is 15.7. The van der Waals surface area contributed by atoms with Gasteiger partial charge >= 0.3 is 0 Å². The van der Waals surface area contributed by atoms with Crippen molar-refractivity contribution in [1.29, 1.82) is 0 Å². The minimum absolute atomic E-state index is 0.110. The van der Waals surface area contributed by atoms with E-state index in [9.17, 15) is 5.11 Å². The van der Waals surface area contributed by atoms with Crippen LogP contribution in [0.15, 0.2) is 24.3 Å². The summed E-state index contributed by atoms with van der Waals surface area (Å²) in [5.74, 6) is 0.582. The van der Waals surface area contributed by atoms with Crippen LogP contribution in [0.1, 0.15) is 30.3 Å². The second-order valence-electron chi connectivity index (χ2n) is 5.55. The van der Waals surface area contributed by atoms with Gasteiger partial charge in [0, 0.05) is 24.7 Å². The number of aliphatic hydroxyl groups excluding tert-OH is 1. The van der Waals surface area contributed by atoms with E-state index in [1.807, 2.05) is 25.2 Å². The monoisotopic (exact) mass is 338 g/mol. The highest BCUT2D eigenvalue weighted by molar-refractivity contribution is 7.71. The molecule has 3 rings (SSSR count). The molecule has 1 atom stereocenters. The fourth-order valence-corrected chi connectivity index (χ4v) is 3.49. The Morgan fingerprint density at radius 2 is 2.18 bits per heavy atom. The lowest BCUT2D eigenvalue weighted by Crippen LogP contribution is -2.27. The van der Waals surface area contributed by atoms with Gasteiger partial charge in [-0.3, -0.25) is 4.90 Å². The lowest BCUT2D eigenvalue weighted by atomic mass is 10.0. The fourth-order valence-electron chi connectivity index (χ4n) is 3.03. The summed E-state index contributed by atoms with van der Waals surface area (Å²) < 4.78 is 4.14. The molecule has 118 valence electrons. The number of hydrogen-bond acceptors (Lipinski definition) is 4. The molecule has 1 aliphatic heterocycles. The molecule has 1 unspecified atom stereocenters. The molecule has 0 aliphatic carbocycles. The van der Waals surface area contributed by atoms with Crippen molar-refractivity contribution in [2.45, 2.75) is 32.2 Å². The Labute approximate surface area is 139 Å². The number of likely N-dealkylation sites (tertiary alicyclic amines) is 1. The topological polar surface area (TPSA) is 46.2 Å². The average molecular weight is 339 g/mol. The number of halogens is 1. The summed E-state index contributed by atoms with van der Waals surface area (Å²) in [5.41, 5.74) is 1.16. The van der Waals surface area contributed by atoms with Crippen molar-refractivity contribution in [2.75, 3.05) is 6.54 Å². The van der Waals surface area contributed by atoms with Gasteiger partial charge in [-0.2, -0.15) is 5.10 Å². The number of nitrogens with zero attached hydrogens (tertiary/aromatic N) is 4. The number of benzene rings is 1. The van der Waals surface area contributed by atoms with Crippen molar-refractivity contribution in [1.82, 2.24) is 19.2 Å². The van der Waals surface area contributed by atoms with Gasteiger partial charge in [-0.25, -0.2) is 4.68 Å². The van der Waals surface area contributed by atoms with Crippen LogP contribution >= 0.6 is 23.8 Å². The highest BCUT2D eigenvalue weighted by atomic mass is 35.5. The minimum Gasteiger partial charge on any atom is -0.388 e. The molecule has 1 aromatic carbocycles. The van der Waals surface area contributed by atoms with Crippen LogP contribution in [0.25, 0.3) is 0 Å². The van der Waals surface area contributed by atoms with E-state index in [4.69, 9.17) is 23.8 Å². The Balaban J connectivity index is 1.86. The number of rotatable bonds is 4. The first-order valence-corrected chi connectivity index (χ1v) is 8.12. The molecule has 0 saturated carbocycles. The number of aromatic nitrogens is 3. The van der Waals surface area contributed by atoms with Crippen molar-refractivity contribution in [3.8, 4) is 0 Å². The van der Waals surface area contributed by atoms with Crippen LogP contribution in [0.5, 0.6) is 0 Å². The van der Waals surface area contributed by atoms with Gasteiger partial charge in [0.25, 0.3) is 0 Å². The molecule has 22 heavy (non-hydrogen) atoms. The quantitative estimate of drug-likeness (QED) is 0.871. The van der Waals surface area contributed by atoms with E-state index in [1.165, 1.54) is 0 Å². The van der Waals surface area contributed by atoms with E-state index in [2.05, 4.69) is 16.1 Å². The molecule has 0 amide bonds. The molecule has 0 bridgehead atoms. The largest absolute Gasteiger partial charge is 0.388 e. The summed E-state index contributed by atoms with van der Waals surface area (Å²) in [6.45, 7) is 1.49. The van der Waals surface area contributed by atoms with Crippen molar-refractivity contribution in [3.63, 3.8) is 0 Å². The van der Waals surface area contributed by atoms with E-state index in [1.54, 1.807) is 9.25 Å². The summed E-state index contributed by atoms with van der Waals surface area (Å²) in [7, 11) is 1.83. The molecule has 1 saturated heterocycles. The van der Waals surface area contributed by atoms with Gasteiger partial charge in [0.15, 0.2) is 10.6 Å². The second kappa shape index (κ2) is 6.50. The van der Waals surface area contributed by atoms with Crippen LogP contribution in [0.2, 0.25) is 5.02 Å². The van der Waals surface area contributed by atoms with E-state index in [0.29, 0.717) is 17.3 Å². The van der Waals surface area contributed by atoms with Crippen LogP contribution in [0.4, 0.5) is 0 Å². The van der Waals surface area contributed by atoms with Crippen LogP contribution in [0, 0.1) is 4.77 Å². The maximum Gasteiger partial charge on any atom is 0.198 e. The molecule has 2 heterocycles. The van der Waals surface area contributed by atoms with Crippen molar-refractivity contribution in [3.05, 3.63) is 45.4 Å². The van der Waals surface area contributed by atoms with Gasteiger partial charge in [0.1, 0.15) is 6.61 Å². The normalized spacial score (nSPS) is 19.0. The molecule has 1 aromatic heterocycles. The standard InChI is InChI=1S/C15H19ClN4OS/c1-18-14(9-21)17-20(15(18)22)10-19-8-4-7-13(19)11-5-2-3-6-12(11)16/h2-3,5-6,13,21H,4,7-10H2,1H3. The smallest absolute Gasteiger partial charge is 0.198 e. The molecular weight excluding hydrogens is 320 g/mol. The summed E-state index contributed by atoms with van der Waals surface area (Å²) >= 11 is 11.7. The summed E-state index contributed by atoms with van der Waals surface area (Å²) in [4.78, 5) is 2.34. The van der Waals surface area contributed by atoms with E-state index in [-0.39, 0.29) is 12.6 Å². The number of hydrogen-bond donors (Lipinski definition) is 1. The van der Waals surface area contributed by atoms with Crippen LogP contribution in [-0.4, -0.2) is 30.9 Å². The third-order valence-electron chi connectivity index (χ3n) is 4.22. The van der Waals surface area contributed by atoms with Crippen LogP contribution < -0.4 is 0 Å². The molecule has 1 aliphatic rings. The lowest BCUT2D eigenvalue weighted by molar-refractivity contribution is 0.188. The summed E-state index contributed by atoms with van der Waals surface area (Å²) in [5, 5.41) is 14.5. The third kappa shape index (κ3) is 2.84. The van der Waals surface area contributed by atoms with Gasteiger partial charge in [-0.1, -0.05) is 29.8 Å². The molecule has 1 fully saturated rings. The zero-order valence-electron chi connectivity index (χ0n) is 12.4. The highest BCUT2D eigenvalue weighted by Gasteiger charge is 2.28. The highest BCUT2D eigenvalue weighted by Crippen LogP contribution is 2.35. The van der Waals surface area contributed by atoms with Crippen molar-refractivity contribution < 1.29 is 5.11 Å². The Bertz CT molecular complexity index is 727. The summed E-state index contributed by atoms with van der Waals surface area (Å²) in [6.07, 6.45) is 2.21. The van der Waals surface area contributed by atoms with Gasteiger partial charge in [-0.15, -0.1) is 0 Å². The van der Waals surface area contributed by atoms with E-state index >= 15 is 0 Å². The predicted molar refractivity (Wildman–Crippen MR) is 88.1 cm³/mol. The average Bonchev–Trinajstić information content (AvgIpc) is 3.08. The van der Waals surface area contributed by atoms with E-state index < -0.39 is 0 Å². The third-order valence-corrected chi connectivity index (χ3v) is 5.04. The predicted octanol–water partition coefficient (Wildman–Crippen LogP) is 2.89. The van der Waals surface area contributed by atoms with Gasteiger partial charge in [-0.05, 0) is 36.7 Å². The molecule has 7 heteroatoms. The van der Waals surface area contributed by atoms with Gasteiger partial charge < -0.3 is 9.67 Å². The van der Waals surface area contributed by atoms with Gasteiger partial charge in [0.05, 0.1) is 6.67 Å². The minimum atomic E-state index is -0.110. The lowest BCUT2D eigenvalue weighted by Gasteiger charge is -2.25.